The highest BCUT2D eigenvalue weighted by atomic mass is 16.4. The number of benzene rings is 1. The van der Waals surface area contributed by atoms with Gasteiger partial charge in [-0.05, 0) is 43.9 Å². The third-order valence-corrected chi connectivity index (χ3v) is 4.43. The summed E-state index contributed by atoms with van der Waals surface area (Å²) in [7, 11) is 0. The van der Waals surface area contributed by atoms with E-state index in [2.05, 4.69) is 0 Å². The van der Waals surface area contributed by atoms with Gasteiger partial charge in [0.2, 0.25) is 0 Å². The Morgan fingerprint density at radius 2 is 1.80 bits per heavy atom. The zero-order chi connectivity index (χ0) is 18.4. The van der Waals surface area contributed by atoms with E-state index in [4.69, 9.17) is 0 Å². The number of carbonyl (C=O) groups excluding carboxylic acids is 2. The molecule has 1 aliphatic heterocycles. The van der Waals surface area contributed by atoms with Crippen LogP contribution < -0.4 is 0 Å². The summed E-state index contributed by atoms with van der Waals surface area (Å²) in [5, 5.41) is 9.26. The summed E-state index contributed by atoms with van der Waals surface area (Å²) in [6, 6.07) is 5.84. The first-order valence-corrected chi connectivity index (χ1v) is 8.92. The van der Waals surface area contributed by atoms with Gasteiger partial charge in [0, 0.05) is 30.8 Å². The lowest BCUT2D eigenvalue weighted by molar-refractivity contribution is -0.141. The van der Waals surface area contributed by atoms with Gasteiger partial charge < -0.3 is 14.9 Å². The summed E-state index contributed by atoms with van der Waals surface area (Å²) in [5.41, 5.74) is 0.839. The Labute approximate surface area is 148 Å². The molecule has 6 nitrogen and oxygen atoms in total. The number of rotatable bonds is 7. The van der Waals surface area contributed by atoms with Crippen molar-refractivity contribution in [2.24, 2.45) is 0 Å². The maximum absolute atomic E-state index is 12.7. The maximum atomic E-state index is 12.7. The van der Waals surface area contributed by atoms with Crippen LogP contribution in [0.4, 0.5) is 0 Å². The second-order valence-electron chi connectivity index (χ2n) is 6.37. The molecule has 1 aromatic rings. The SMILES string of the molecule is CCCN(CCC)C(=O)c1cccc(C(=O)N2CCC[C@@H]2C(=O)O)c1. The number of aliphatic carboxylic acids is 1. The zero-order valence-corrected chi connectivity index (χ0v) is 14.9. The molecule has 0 spiro atoms. The van der Waals surface area contributed by atoms with Crippen molar-refractivity contribution in [2.75, 3.05) is 19.6 Å². The summed E-state index contributed by atoms with van der Waals surface area (Å²) >= 11 is 0. The fourth-order valence-corrected chi connectivity index (χ4v) is 3.25. The standard InChI is InChI=1S/C19H26N2O4/c1-3-10-20(11-4-2)17(22)14-7-5-8-15(13-14)18(23)21-12-6-9-16(21)19(24)25/h5,7-8,13,16H,3-4,6,9-12H2,1-2H3,(H,24,25)/t16-/m1/s1. The van der Waals surface area contributed by atoms with E-state index >= 15 is 0 Å². The van der Waals surface area contributed by atoms with Crippen molar-refractivity contribution in [3.8, 4) is 0 Å². The predicted molar refractivity (Wildman–Crippen MR) is 94.6 cm³/mol. The normalized spacial score (nSPS) is 16.7. The van der Waals surface area contributed by atoms with Gasteiger partial charge >= 0.3 is 5.97 Å². The fourth-order valence-electron chi connectivity index (χ4n) is 3.25. The van der Waals surface area contributed by atoms with Crippen LogP contribution in [0.3, 0.4) is 0 Å². The highest BCUT2D eigenvalue weighted by molar-refractivity contribution is 6.01. The molecule has 1 heterocycles. The molecule has 1 fully saturated rings. The lowest BCUT2D eigenvalue weighted by atomic mass is 10.1. The molecular formula is C19H26N2O4. The Morgan fingerprint density at radius 3 is 2.40 bits per heavy atom. The zero-order valence-electron chi connectivity index (χ0n) is 14.9. The average Bonchev–Trinajstić information content (AvgIpc) is 3.10. The molecule has 136 valence electrons. The van der Waals surface area contributed by atoms with Crippen molar-refractivity contribution in [1.82, 2.24) is 9.80 Å². The van der Waals surface area contributed by atoms with Crippen molar-refractivity contribution in [2.45, 2.75) is 45.6 Å². The molecule has 0 bridgehead atoms. The highest BCUT2D eigenvalue weighted by Gasteiger charge is 2.34. The number of nitrogens with zero attached hydrogens (tertiary/aromatic N) is 2. The number of amides is 2. The molecule has 2 rings (SSSR count). The van der Waals surface area contributed by atoms with Gasteiger partial charge in [0.25, 0.3) is 11.8 Å². The van der Waals surface area contributed by atoms with Crippen LogP contribution in [0.25, 0.3) is 0 Å². The second kappa shape index (κ2) is 8.65. The van der Waals surface area contributed by atoms with Crippen LogP contribution >= 0.6 is 0 Å². The third-order valence-electron chi connectivity index (χ3n) is 4.43. The number of carboxylic acids is 1. The molecule has 0 aliphatic carbocycles. The summed E-state index contributed by atoms with van der Waals surface area (Å²) in [4.78, 5) is 39.9. The summed E-state index contributed by atoms with van der Waals surface area (Å²) < 4.78 is 0. The minimum absolute atomic E-state index is 0.0884. The average molecular weight is 346 g/mol. The van der Waals surface area contributed by atoms with Crippen LogP contribution in [0.2, 0.25) is 0 Å². The molecule has 6 heteroatoms. The molecule has 25 heavy (non-hydrogen) atoms. The Kier molecular flexibility index (Phi) is 6.56. The van der Waals surface area contributed by atoms with Crippen molar-refractivity contribution < 1.29 is 19.5 Å². The van der Waals surface area contributed by atoms with Crippen molar-refractivity contribution in [3.05, 3.63) is 35.4 Å². The largest absolute Gasteiger partial charge is 0.480 e. The van der Waals surface area contributed by atoms with Crippen LogP contribution in [0.15, 0.2) is 24.3 Å². The van der Waals surface area contributed by atoms with E-state index in [1.54, 1.807) is 29.2 Å². The van der Waals surface area contributed by atoms with Crippen molar-refractivity contribution in [1.29, 1.82) is 0 Å². The van der Waals surface area contributed by atoms with E-state index in [9.17, 15) is 19.5 Å². The molecule has 0 radical (unpaired) electrons. The van der Waals surface area contributed by atoms with Gasteiger partial charge in [-0.25, -0.2) is 4.79 Å². The van der Waals surface area contributed by atoms with Gasteiger partial charge in [-0.1, -0.05) is 19.9 Å². The van der Waals surface area contributed by atoms with Gasteiger partial charge in [0.1, 0.15) is 6.04 Å². The van der Waals surface area contributed by atoms with E-state index in [1.807, 2.05) is 13.8 Å². The quantitative estimate of drug-likeness (QED) is 0.823. The predicted octanol–water partition coefficient (Wildman–Crippen LogP) is 2.64. The Hall–Kier alpha value is -2.37. The first-order valence-electron chi connectivity index (χ1n) is 8.92. The third kappa shape index (κ3) is 4.38. The molecule has 0 unspecified atom stereocenters. The second-order valence-corrected chi connectivity index (χ2v) is 6.37. The molecule has 1 saturated heterocycles. The Morgan fingerprint density at radius 1 is 1.16 bits per heavy atom. The molecule has 1 aliphatic rings. The van der Waals surface area contributed by atoms with Crippen LogP contribution in [0.1, 0.15) is 60.2 Å². The maximum Gasteiger partial charge on any atom is 0.326 e. The number of hydrogen-bond donors (Lipinski definition) is 1. The molecule has 1 atom stereocenters. The van der Waals surface area contributed by atoms with E-state index in [-0.39, 0.29) is 11.8 Å². The Bertz CT molecular complexity index is 638. The van der Waals surface area contributed by atoms with Gasteiger partial charge in [0.05, 0.1) is 0 Å². The molecule has 0 aromatic heterocycles. The Balaban J connectivity index is 2.21. The minimum Gasteiger partial charge on any atom is -0.480 e. The highest BCUT2D eigenvalue weighted by Crippen LogP contribution is 2.21. The molecule has 0 saturated carbocycles. The summed E-state index contributed by atoms with van der Waals surface area (Å²) in [6.45, 7) is 5.84. The van der Waals surface area contributed by atoms with Crippen molar-refractivity contribution >= 4 is 17.8 Å². The van der Waals surface area contributed by atoms with Crippen LogP contribution in [-0.2, 0) is 4.79 Å². The number of carbonyl (C=O) groups is 3. The number of hydrogen-bond acceptors (Lipinski definition) is 3. The van der Waals surface area contributed by atoms with Gasteiger partial charge in [-0.15, -0.1) is 0 Å². The van der Waals surface area contributed by atoms with Crippen LogP contribution in [-0.4, -0.2) is 58.4 Å². The summed E-state index contributed by atoms with van der Waals surface area (Å²) in [5.74, 6) is -1.39. The van der Waals surface area contributed by atoms with Crippen LogP contribution in [0, 0.1) is 0 Å². The van der Waals surface area contributed by atoms with E-state index in [0.29, 0.717) is 43.6 Å². The molecule has 1 N–H and O–H groups in total. The van der Waals surface area contributed by atoms with E-state index in [0.717, 1.165) is 12.8 Å². The molecular weight excluding hydrogens is 320 g/mol. The topological polar surface area (TPSA) is 77.9 Å². The first-order chi connectivity index (χ1) is 12.0. The van der Waals surface area contributed by atoms with Gasteiger partial charge in [-0.2, -0.15) is 0 Å². The first kappa shape index (κ1) is 19.0. The van der Waals surface area contributed by atoms with E-state index in [1.165, 1.54) is 4.90 Å². The lowest BCUT2D eigenvalue weighted by Gasteiger charge is -2.23. The monoisotopic (exact) mass is 346 g/mol. The van der Waals surface area contributed by atoms with Crippen molar-refractivity contribution in [3.63, 3.8) is 0 Å². The summed E-state index contributed by atoms with van der Waals surface area (Å²) in [6.07, 6.45) is 2.90. The number of carboxylic acid groups (broad SMARTS) is 1. The number of likely N-dealkylation sites (tertiary alicyclic amines) is 1. The van der Waals surface area contributed by atoms with Gasteiger partial charge in [0.15, 0.2) is 0 Å². The smallest absolute Gasteiger partial charge is 0.326 e. The van der Waals surface area contributed by atoms with Crippen LogP contribution in [0.5, 0.6) is 0 Å². The molecule has 1 aromatic carbocycles. The fraction of sp³-hybridized carbons (Fsp3) is 0.526. The van der Waals surface area contributed by atoms with E-state index < -0.39 is 12.0 Å². The molecule has 2 amide bonds. The lowest BCUT2D eigenvalue weighted by Crippen LogP contribution is -2.40. The minimum atomic E-state index is -0.977. The van der Waals surface area contributed by atoms with Gasteiger partial charge in [-0.3, -0.25) is 9.59 Å².